The van der Waals surface area contributed by atoms with Crippen molar-refractivity contribution in [2.24, 2.45) is 0 Å². The lowest BCUT2D eigenvalue weighted by atomic mass is 9.87. The zero-order valence-corrected chi connectivity index (χ0v) is 25.0. The molecule has 1 aromatic heterocycles. The van der Waals surface area contributed by atoms with Crippen molar-refractivity contribution in [3.05, 3.63) is 107 Å². The molecule has 0 fully saturated rings. The molecule has 3 aromatic carbocycles. The molecule has 1 unspecified atom stereocenters. The van der Waals surface area contributed by atoms with Crippen molar-refractivity contribution < 1.29 is 27.5 Å². The smallest absolute Gasteiger partial charge is 0.240 e. The van der Waals surface area contributed by atoms with Crippen LogP contribution in [-0.4, -0.2) is 41.0 Å². The molecule has 4 aromatic rings. The quantitative estimate of drug-likeness (QED) is 0.275. The molecule has 11 heteroatoms. The lowest BCUT2D eigenvalue weighted by Crippen LogP contribution is -2.42. The summed E-state index contributed by atoms with van der Waals surface area (Å²) in [4.78, 5) is 28.4. The summed E-state index contributed by atoms with van der Waals surface area (Å²) in [6.45, 7) is 5.68. The van der Waals surface area contributed by atoms with E-state index in [0.29, 0.717) is 34.1 Å². The molecule has 2 heterocycles. The third-order valence-electron chi connectivity index (χ3n) is 7.07. The first kappa shape index (κ1) is 30.2. The van der Waals surface area contributed by atoms with Gasteiger partial charge in [0.2, 0.25) is 11.8 Å². The standard InChI is InChI=1S/C32H31F3N4O3S/c1-32(2,3)30-28-29(24-14-9-21(34)15-25(24)35)43-18-27(41)38(17-26(40)36-16-19-5-7-20(33)8-6-19)31(28)39(37-30)22-10-12-23(42-4)13-11-22/h5-15,29H,16-18H2,1-4H3,(H,36,40). The molecule has 7 nitrogen and oxygen atoms in total. The van der Waals surface area contributed by atoms with E-state index in [4.69, 9.17) is 9.84 Å². The average Bonchev–Trinajstić information content (AvgIpc) is 3.31. The summed E-state index contributed by atoms with van der Waals surface area (Å²) >= 11 is 1.20. The van der Waals surface area contributed by atoms with Gasteiger partial charge in [0.05, 0.1) is 29.5 Å². The van der Waals surface area contributed by atoms with Crippen LogP contribution >= 0.6 is 11.8 Å². The summed E-state index contributed by atoms with van der Waals surface area (Å²) in [5.41, 5.74) is 2.12. The zero-order chi connectivity index (χ0) is 30.9. The Kier molecular flexibility index (Phi) is 8.55. The molecule has 1 N–H and O–H groups in total. The van der Waals surface area contributed by atoms with Crippen LogP contribution in [0.3, 0.4) is 0 Å². The maximum atomic E-state index is 15.3. The molecular formula is C32H31F3N4O3S. The molecule has 0 bridgehead atoms. The van der Waals surface area contributed by atoms with Gasteiger partial charge in [0.25, 0.3) is 0 Å². The Morgan fingerprint density at radius 2 is 1.70 bits per heavy atom. The summed E-state index contributed by atoms with van der Waals surface area (Å²) in [6, 6.07) is 16.2. The van der Waals surface area contributed by atoms with E-state index in [2.05, 4.69) is 5.32 Å². The molecule has 224 valence electrons. The van der Waals surface area contributed by atoms with Gasteiger partial charge in [-0.05, 0) is 48.0 Å². The van der Waals surface area contributed by atoms with Crippen molar-refractivity contribution in [1.29, 1.82) is 0 Å². The molecule has 43 heavy (non-hydrogen) atoms. The number of thioether (sulfide) groups is 1. The van der Waals surface area contributed by atoms with Crippen LogP contribution in [0.2, 0.25) is 0 Å². The van der Waals surface area contributed by atoms with Crippen LogP contribution in [0.5, 0.6) is 5.75 Å². The van der Waals surface area contributed by atoms with Crippen molar-refractivity contribution in [3.8, 4) is 11.4 Å². The number of carbonyl (C=O) groups is 2. The molecule has 2 amide bonds. The highest BCUT2D eigenvalue weighted by molar-refractivity contribution is 8.00. The second kappa shape index (κ2) is 12.2. The van der Waals surface area contributed by atoms with E-state index < -0.39 is 28.2 Å². The minimum Gasteiger partial charge on any atom is -0.497 e. The number of anilines is 1. The fourth-order valence-corrected chi connectivity index (χ4v) is 6.16. The number of rotatable bonds is 7. The topological polar surface area (TPSA) is 76.5 Å². The van der Waals surface area contributed by atoms with E-state index in [0.717, 1.165) is 6.07 Å². The third-order valence-corrected chi connectivity index (χ3v) is 8.30. The summed E-state index contributed by atoms with van der Waals surface area (Å²) in [5, 5.41) is 7.03. The number of aromatic nitrogens is 2. The predicted molar refractivity (Wildman–Crippen MR) is 160 cm³/mol. The van der Waals surface area contributed by atoms with Crippen molar-refractivity contribution in [2.75, 3.05) is 24.3 Å². The molecule has 5 rings (SSSR count). The largest absolute Gasteiger partial charge is 0.497 e. The third kappa shape index (κ3) is 6.41. The predicted octanol–water partition coefficient (Wildman–Crippen LogP) is 6.08. The minimum atomic E-state index is -0.738. The summed E-state index contributed by atoms with van der Waals surface area (Å²) < 4.78 is 49.5. The summed E-state index contributed by atoms with van der Waals surface area (Å²) in [6.07, 6.45) is 0. The SMILES string of the molecule is COc1ccc(-n2nc(C(C)(C)C)c3c2N(CC(=O)NCc2ccc(F)cc2)C(=O)CSC3c2ccc(F)cc2F)cc1. The number of nitrogens with zero attached hydrogens (tertiary/aromatic N) is 3. The van der Waals surface area contributed by atoms with Crippen LogP contribution in [0.4, 0.5) is 19.0 Å². The maximum Gasteiger partial charge on any atom is 0.240 e. The van der Waals surface area contributed by atoms with Gasteiger partial charge in [-0.2, -0.15) is 5.10 Å². The Hall–Kier alpha value is -4.25. The molecule has 1 atom stereocenters. The van der Waals surface area contributed by atoms with Crippen LogP contribution in [0.15, 0.2) is 66.7 Å². The molecule has 0 spiro atoms. The van der Waals surface area contributed by atoms with E-state index in [9.17, 15) is 18.4 Å². The lowest BCUT2D eigenvalue weighted by Gasteiger charge is -2.24. The first-order valence-electron chi connectivity index (χ1n) is 13.6. The van der Waals surface area contributed by atoms with Gasteiger partial charge in [0.1, 0.15) is 35.6 Å². The van der Waals surface area contributed by atoms with Gasteiger partial charge < -0.3 is 10.1 Å². The Morgan fingerprint density at radius 1 is 1.02 bits per heavy atom. The first-order valence-corrected chi connectivity index (χ1v) is 14.7. The van der Waals surface area contributed by atoms with Crippen molar-refractivity contribution in [1.82, 2.24) is 15.1 Å². The van der Waals surface area contributed by atoms with E-state index in [-0.39, 0.29) is 36.1 Å². The van der Waals surface area contributed by atoms with E-state index in [1.807, 2.05) is 20.8 Å². The van der Waals surface area contributed by atoms with E-state index in [1.54, 1.807) is 48.2 Å². The van der Waals surface area contributed by atoms with Crippen molar-refractivity contribution in [3.63, 3.8) is 0 Å². The van der Waals surface area contributed by atoms with Crippen LogP contribution < -0.4 is 15.0 Å². The Balaban J connectivity index is 1.65. The highest BCUT2D eigenvalue weighted by Gasteiger charge is 2.40. The number of nitrogens with one attached hydrogen (secondary N) is 1. The number of hydrogen-bond acceptors (Lipinski definition) is 5. The molecular weight excluding hydrogens is 577 g/mol. The normalized spacial score (nSPS) is 15.2. The first-order chi connectivity index (χ1) is 20.5. The number of amides is 2. The van der Waals surface area contributed by atoms with Gasteiger partial charge in [0.15, 0.2) is 0 Å². The molecule has 0 saturated heterocycles. The minimum absolute atomic E-state index is 0.0619. The van der Waals surface area contributed by atoms with E-state index >= 15 is 4.39 Å². The Labute approximate surface area is 252 Å². The Bertz CT molecular complexity index is 1650. The summed E-state index contributed by atoms with van der Waals surface area (Å²) in [5.74, 6) is -1.76. The molecule has 1 aliphatic heterocycles. The van der Waals surface area contributed by atoms with Crippen LogP contribution in [0, 0.1) is 17.5 Å². The highest BCUT2D eigenvalue weighted by atomic mass is 32.2. The second-order valence-electron chi connectivity index (χ2n) is 11.2. The average molecular weight is 609 g/mol. The van der Waals surface area contributed by atoms with Gasteiger partial charge in [-0.15, -0.1) is 11.8 Å². The number of carbonyl (C=O) groups excluding carboxylic acids is 2. The van der Waals surface area contributed by atoms with Crippen molar-refractivity contribution in [2.45, 2.75) is 38.0 Å². The van der Waals surface area contributed by atoms with Gasteiger partial charge in [-0.25, -0.2) is 17.9 Å². The van der Waals surface area contributed by atoms with Crippen molar-refractivity contribution >= 4 is 29.4 Å². The van der Waals surface area contributed by atoms with Crippen LogP contribution in [-0.2, 0) is 21.5 Å². The Morgan fingerprint density at radius 3 is 2.33 bits per heavy atom. The number of fused-ring (bicyclic) bond motifs is 1. The zero-order valence-electron chi connectivity index (χ0n) is 24.2. The summed E-state index contributed by atoms with van der Waals surface area (Å²) in [7, 11) is 1.55. The fourth-order valence-electron chi connectivity index (χ4n) is 4.94. The van der Waals surface area contributed by atoms with E-state index in [1.165, 1.54) is 40.9 Å². The van der Waals surface area contributed by atoms with Gasteiger partial charge in [-0.3, -0.25) is 14.5 Å². The monoisotopic (exact) mass is 608 g/mol. The highest BCUT2D eigenvalue weighted by Crippen LogP contribution is 2.49. The number of benzene rings is 3. The van der Waals surface area contributed by atoms with Gasteiger partial charge in [0, 0.05) is 29.2 Å². The molecule has 0 saturated carbocycles. The number of methoxy groups -OCH3 is 1. The number of hydrogen-bond donors (Lipinski definition) is 1. The second-order valence-corrected chi connectivity index (χ2v) is 12.3. The maximum absolute atomic E-state index is 15.3. The number of ether oxygens (including phenoxy) is 1. The number of halogens is 3. The van der Waals surface area contributed by atoms with Crippen LogP contribution in [0.25, 0.3) is 5.69 Å². The molecule has 0 aliphatic carbocycles. The van der Waals surface area contributed by atoms with Gasteiger partial charge in [-0.1, -0.05) is 39.0 Å². The van der Waals surface area contributed by atoms with Gasteiger partial charge >= 0.3 is 0 Å². The lowest BCUT2D eigenvalue weighted by molar-refractivity contribution is -0.123. The van der Waals surface area contributed by atoms with Crippen LogP contribution in [0.1, 0.15) is 48.4 Å². The molecule has 1 aliphatic rings. The fraction of sp³-hybridized carbons (Fsp3) is 0.281. The molecule has 0 radical (unpaired) electrons.